The molecule has 0 spiro atoms. The van der Waals surface area contributed by atoms with Crippen molar-refractivity contribution in [2.45, 2.75) is 19.4 Å². The first-order chi connectivity index (χ1) is 9.92. The molecule has 0 aliphatic carbocycles. The maximum Gasteiger partial charge on any atom is 0.238 e. The Labute approximate surface area is 165 Å². The molecular formula is C14H17I3N2O2. The van der Waals surface area contributed by atoms with Crippen LogP contribution in [0.1, 0.15) is 13.3 Å². The minimum absolute atomic E-state index is 0.0143. The number of hydrogen-bond donors (Lipinski definition) is 2. The van der Waals surface area contributed by atoms with Crippen molar-refractivity contribution in [2.24, 2.45) is 5.92 Å². The molecule has 2 N–H and O–H groups in total. The van der Waals surface area contributed by atoms with Crippen LogP contribution in [0.5, 0.6) is 0 Å². The SMILES string of the molecule is CC1CCN(CC(=O)Nc2c(I)cc(I)cc2I)C1CO. The summed E-state index contributed by atoms with van der Waals surface area (Å²) in [5, 5.41) is 12.5. The Hall–Kier alpha value is 0.800. The fourth-order valence-electron chi connectivity index (χ4n) is 2.60. The van der Waals surface area contributed by atoms with Crippen molar-refractivity contribution in [1.29, 1.82) is 0 Å². The maximum absolute atomic E-state index is 12.3. The fourth-order valence-corrected chi connectivity index (χ4v) is 6.46. The zero-order valence-corrected chi connectivity index (χ0v) is 18.0. The summed E-state index contributed by atoms with van der Waals surface area (Å²) in [6.07, 6.45) is 1.04. The lowest BCUT2D eigenvalue weighted by atomic mass is 10.0. The Morgan fingerprint density at radius 3 is 2.57 bits per heavy atom. The molecule has 1 saturated heterocycles. The van der Waals surface area contributed by atoms with E-state index in [4.69, 9.17) is 0 Å². The van der Waals surface area contributed by atoms with E-state index < -0.39 is 0 Å². The maximum atomic E-state index is 12.3. The van der Waals surface area contributed by atoms with Crippen LogP contribution in [0.4, 0.5) is 5.69 Å². The molecule has 2 atom stereocenters. The van der Waals surface area contributed by atoms with Crippen molar-refractivity contribution in [3.63, 3.8) is 0 Å². The van der Waals surface area contributed by atoms with E-state index >= 15 is 0 Å². The number of likely N-dealkylation sites (tertiary alicyclic amines) is 1. The highest BCUT2D eigenvalue weighted by Gasteiger charge is 2.31. The van der Waals surface area contributed by atoms with E-state index in [-0.39, 0.29) is 18.6 Å². The van der Waals surface area contributed by atoms with Crippen molar-refractivity contribution in [3.05, 3.63) is 22.8 Å². The van der Waals surface area contributed by atoms with Gasteiger partial charge >= 0.3 is 0 Å². The summed E-state index contributed by atoms with van der Waals surface area (Å²) in [7, 11) is 0. The van der Waals surface area contributed by atoms with E-state index in [2.05, 4.69) is 84.9 Å². The van der Waals surface area contributed by atoms with Crippen molar-refractivity contribution in [3.8, 4) is 0 Å². The van der Waals surface area contributed by atoms with Gasteiger partial charge in [-0.1, -0.05) is 6.92 Å². The zero-order valence-electron chi connectivity index (χ0n) is 11.6. The molecule has 21 heavy (non-hydrogen) atoms. The monoisotopic (exact) mass is 626 g/mol. The average molecular weight is 626 g/mol. The number of aliphatic hydroxyl groups excluding tert-OH is 1. The molecule has 1 aliphatic heterocycles. The quantitative estimate of drug-likeness (QED) is 0.506. The number of halogens is 3. The van der Waals surface area contributed by atoms with Gasteiger partial charge in [-0.25, -0.2) is 0 Å². The lowest BCUT2D eigenvalue weighted by molar-refractivity contribution is -0.117. The van der Waals surface area contributed by atoms with E-state index in [1.54, 1.807) is 0 Å². The molecule has 0 aromatic heterocycles. The van der Waals surface area contributed by atoms with E-state index in [0.29, 0.717) is 12.5 Å². The smallest absolute Gasteiger partial charge is 0.238 e. The summed E-state index contributed by atoms with van der Waals surface area (Å²) in [5.41, 5.74) is 0.884. The molecule has 0 bridgehead atoms. The summed E-state index contributed by atoms with van der Waals surface area (Å²) in [6.45, 7) is 3.46. The second-order valence-electron chi connectivity index (χ2n) is 5.28. The third kappa shape index (κ3) is 4.64. The normalized spacial score (nSPS) is 22.5. The third-order valence-corrected chi connectivity index (χ3v) is 6.13. The van der Waals surface area contributed by atoms with Crippen LogP contribution in [0.2, 0.25) is 0 Å². The lowest BCUT2D eigenvalue weighted by Gasteiger charge is -2.24. The van der Waals surface area contributed by atoms with Gasteiger partial charge in [0.2, 0.25) is 5.91 Å². The summed E-state index contributed by atoms with van der Waals surface area (Å²) in [6, 6.07) is 4.20. The van der Waals surface area contributed by atoms with Gasteiger partial charge in [0.25, 0.3) is 0 Å². The number of rotatable bonds is 4. The van der Waals surface area contributed by atoms with Crippen LogP contribution in [-0.2, 0) is 4.79 Å². The number of amides is 1. The van der Waals surface area contributed by atoms with Gasteiger partial charge in [0.15, 0.2) is 0 Å². The van der Waals surface area contributed by atoms with Crippen molar-refractivity contribution in [2.75, 3.05) is 25.0 Å². The number of carbonyl (C=O) groups is 1. The molecule has 7 heteroatoms. The van der Waals surface area contributed by atoms with E-state index in [0.717, 1.165) is 29.4 Å². The minimum Gasteiger partial charge on any atom is -0.395 e. The van der Waals surface area contributed by atoms with Crippen LogP contribution >= 0.6 is 67.8 Å². The molecular weight excluding hydrogens is 609 g/mol. The lowest BCUT2D eigenvalue weighted by Crippen LogP contribution is -2.40. The first-order valence-electron chi connectivity index (χ1n) is 6.71. The first-order valence-corrected chi connectivity index (χ1v) is 9.95. The molecule has 1 aromatic carbocycles. The number of nitrogens with zero attached hydrogens (tertiary/aromatic N) is 1. The molecule has 116 valence electrons. The topological polar surface area (TPSA) is 52.6 Å². The molecule has 0 radical (unpaired) electrons. The highest BCUT2D eigenvalue weighted by Crippen LogP contribution is 2.28. The van der Waals surface area contributed by atoms with Crippen LogP contribution in [0.3, 0.4) is 0 Å². The van der Waals surface area contributed by atoms with Crippen LogP contribution in [0.15, 0.2) is 12.1 Å². The Morgan fingerprint density at radius 2 is 2.00 bits per heavy atom. The molecule has 0 saturated carbocycles. The predicted octanol–water partition coefficient (Wildman–Crippen LogP) is 3.14. The summed E-state index contributed by atoms with van der Waals surface area (Å²) in [5.74, 6) is 0.431. The Morgan fingerprint density at radius 1 is 1.38 bits per heavy atom. The van der Waals surface area contributed by atoms with Gasteiger partial charge in [0.05, 0.1) is 18.8 Å². The van der Waals surface area contributed by atoms with E-state index in [1.807, 2.05) is 12.1 Å². The number of anilines is 1. The van der Waals surface area contributed by atoms with E-state index in [1.165, 1.54) is 0 Å². The third-order valence-electron chi connectivity index (χ3n) is 3.80. The Bertz CT molecular complexity index is 516. The molecule has 1 fully saturated rings. The summed E-state index contributed by atoms with van der Waals surface area (Å²) >= 11 is 6.77. The van der Waals surface area contributed by atoms with Crippen LogP contribution in [0.25, 0.3) is 0 Å². The molecule has 1 amide bonds. The minimum atomic E-state index is -0.0143. The number of nitrogens with one attached hydrogen (secondary N) is 1. The van der Waals surface area contributed by atoms with Gasteiger partial charge in [-0.3, -0.25) is 9.69 Å². The highest BCUT2D eigenvalue weighted by molar-refractivity contribution is 14.1. The van der Waals surface area contributed by atoms with E-state index in [9.17, 15) is 9.90 Å². The van der Waals surface area contributed by atoms with Gasteiger partial charge in [-0.05, 0) is 98.8 Å². The van der Waals surface area contributed by atoms with Gasteiger partial charge in [-0.15, -0.1) is 0 Å². The number of benzene rings is 1. The van der Waals surface area contributed by atoms with Gasteiger partial charge in [0, 0.05) is 16.8 Å². The van der Waals surface area contributed by atoms with Gasteiger partial charge in [-0.2, -0.15) is 0 Å². The molecule has 1 heterocycles. The van der Waals surface area contributed by atoms with Crippen molar-refractivity contribution >= 4 is 79.4 Å². The standard InChI is InChI=1S/C14H17I3N2O2/c1-8-2-3-19(12(8)7-20)6-13(21)18-14-10(16)4-9(15)5-11(14)17/h4-5,8,12,20H,2-3,6-7H2,1H3,(H,18,21). The molecule has 2 unspecified atom stereocenters. The predicted molar refractivity (Wildman–Crippen MR) is 109 cm³/mol. The second kappa shape index (κ2) is 8.06. The second-order valence-corrected chi connectivity index (χ2v) is 8.85. The summed E-state index contributed by atoms with van der Waals surface area (Å²) in [4.78, 5) is 14.4. The first kappa shape index (κ1) is 18.1. The van der Waals surface area contributed by atoms with Gasteiger partial charge in [0.1, 0.15) is 0 Å². The number of carbonyl (C=O) groups excluding carboxylic acids is 1. The average Bonchev–Trinajstić information content (AvgIpc) is 2.74. The molecule has 2 rings (SSSR count). The number of hydrogen-bond acceptors (Lipinski definition) is 3. The van der Waals surface area contributed by atoms with Crippen LogP contribution < -0.4 is 5.32 Å². The zero-order chi connectivity index (χ0) is 15.6. The van der Waals surface area contributed by atoms with Crippen molar-refractivity contribution < 1.29 is 9.90 Å². The van der Waals surface area contributed by atoms with Crippen LogP contribution in [-0.4, -0.2) is 41.7 Å². The largest absolute Gasteiger partial charge is 0.395 e. The van der Waals surface area contributed by atoms with Gasteiger partial charge < -0.3 is 10.4 Å². The highest BCUT2D eigenvalue weighted by atomic mass is 127. The molecule has 1 aliphatic rings. The fraction of sp³-hybridized carbons (Fsp3) is 0.500. The van der Waals surface area contributed by atoms with Crippen molar-refractivity contribution in [1.82, 2.24) is 4.90 Å². The molecule has 1 aromatic rings. The summed E-state index contributed by atoms with van der Waals surface area (Å²) < 4.78 is 3.25. The van der Waals surface area contributed by atoms with Crippen LogP contribution in [0, 0.1) is 16.6 Å². The Balaban J connectivity index is 2.03. The Kier molecular flexibility index (Phi) is 6.97. The number of aliphatic hydroxyl groups is 1. The molecule has 4 nitrogen and oxygen atoms in total.